The lowest BCUT2D eigenvalue weighted by molar-refractivity contribution is -0.138. The van der Waals surface area contributed by atoms with Crippen LogP contribution in [0.15, 0.2) is 36.4 Å². The molecule has 3 aliphatic rings. The summed E-state index contributed by atoms with van der Waals surface area (Å²) in [6.07, 6.45) is 1.34. The van der Waals surface area contributed by atoms with Gasteiger partial charge >= 0.3 is 0 Å². The number of benzene rings is 2. The van der Waals surface area contributed by atoms with Crippen molar-refractivity contribution in [2.45, 2.75) is 26.2 Å². The van der Waals surface area contributed by atoms with Gasteiger partial charge in [-0.25, -0.2) is 0 Å². The third kappa shape index (κ3) is 4.62. The number of carbonyl (C=O) groups excluding carboxylic acids is 3. The van der Waals surface area contributed by atoms with Gasteiger partial charge in [-0.3, -0.25) is 14.4 Å². The topological polar surface area (TPSA) is 97.4 Å². The lowest BCUT2D eigenvalue weighted by Gasteiger charge is -2.33. The van der Waals surface area contributed by atoms with Gasteiger partial charge in [0.05, 0.1) is 18.7 Å². The number of hydrogen-bond acceptors (Lipinski definition) is 6. The Kier molecular flexibility index (Phi) is 6.23. The molecule has 1 atom stereocenters. The summed E-state index contributed by atoms with van der Waals surface area (Å²) in [6, 6.07) is 11.0. The van der Waals surface area contributed by atoms with E-state index in [4.69, 9.17) is 14.2 Å². The number of rotatable bonds is 5. The number of nitrogens with zero attached hydrogens (tertiary/aromatic N) is 2. The van der Waals surface area contributed by atoms with Crippen LogP contribution in [-0.2, 0) is 14.4 Å². The summed E-state index contributed by atoms with van der Waals surface area (Å²) in [7, 11) is 1.57. The van der Waals surface area contributed by atoms with Crippen molar-refractivity contribution >= 4 is 29.1 Å². The third-order valence-electron chi connectivity index (χ3n) is 6.92. The van der Waals surface area contributed by atoms with Gasteiger partial charge in [-0.1, -0.05) is 6.07 Å². The number of hydrogen-bond donors (Lipinski definition) is 1. The Labute approximate surface area is 203 Å². The molecule has 0 radical (unpaired) electrons. The maximum Gasteiger partial charge on any atom is 0.231 e. The average molecular weight is 480 g/mol. The first-order chi connectivity index (χ1) is 16.9. The Morgan fingerprint density at radius 1 is 1.03 bits per heavy atom. The van der Waals surface area contributed by atoms with E-state index in [0.717, 1.165) is 5.56 Å². The molecule has 0 spiro atoms. The van der Waals surface area contributed by atoms with E-state index in [9.17, 15) is 14.4 Å². The smallest absolute Gasteiger partial charge is 0.231 e. The summed E-state index contributed by atoms with van der Waals surface area (Å²) in [6.45, 7) is 3.47. The zero-order chi connectivity index (χ0) is 24.5. The fourth-order valence-corrected chi connectivity index (χ4v) is 4.96. The molecule has 9 heteroatoms. The Morgan fingerprint density at radius 2 is 1.80 bits per heavy atom. The summed E-state index contributed by atoms with van der Waals surface area (Å²) in [5.74, 6) is 1.16. The van der Waals surface area contributed by atoms with Crippen LogP contribution in [0.2, 0.25) is 0 Å². The highest BCUT2D eigenvalue weighted by atomic mass is 16.7. The van der Waals surface area contributed by atoms with Gasteiger partial charge in [0, 0.05) is 43.7 Å². The van der Waals surface area contributed by atoms with Crippen LogP contribution in [0.25, 0.3) is 0 Å². The SMILES string of the molecule is COc1ccc(C)cc1N1C[C@@H](C(=O)N2CCC(C(=O)Nc3ccc4c(c3)OCO4)CC2)CC1=O. The van der Waals surface area contributed by atoms with Crippen LogP contribution in [0.5, 0.6) is 17.2 Å². The van der Waals surface area contributed by atoms with Crippen molar-refractivity contribution in [3.63, 3.8) is 0 Å². The average Bonchev–Trinajstić information content (AvgIpc) is 3.49. The molecule has 9 nitrogen and oxygen atoms in total. The molecule has 184 valence electrons. The van der Waals surface area contributed by atoms with Gasteiger partial charge in [-0.15, -0.1) is 0 Å². The van der Waals surface area contributed by atoms with Crippen molar-refractivity contribution in [3.8, 4) is 17.2 Å². The van der Waals surface area contributed by atoms with Crippen molar-refractivity contribution in [2.24, 2.45) is 11.8 Å². The van der Waals surface area contributed by atoms with Crippen molar-refractivity contribution in [1.82, 2.24) is 4.90 Å². The minimum atomic E-state index is -0.397. The van der Waals surface area contributed by atoms with Crippen LogP contribution in [0.3, 0.4) is 0 Å². The third-order valence-corrected chi connectivity index (χ3v) is 6.92. The monoisotopic (exact) mass is 479 g/mol. The molecule has 0 unspecified atom stereocenters. The molecule has 0 aromatic heterocycles. The number of carbonyl (C=O) groups is 3. The van der Waals surface area contributed by atoms with Crippen LogP contribution in [-0.4, -0.2) is 56.2 Å². The molecule has 35 heavy (non-hydrogen) atoms. The van der Waals surface area contributed by atoms with Crippen molar-refractivity contribution in [1.29, 1.82) is 0 Å². The summed E-state index contributed by atoms with van der Waals surface area (Å²) >= 11 is 0. The molecule has 2 fully saturated rings. The van der Waals surface area contributed by atoms with Crippen molar-refractivity contribution < 1.29 is 28.6 Å². The molecule has 5 rings (SSSR count). The van der Waals surface area contributed by atoms with Crippen molar-refractivity contribution in [3.05, 3.63) is 42.0 Å². The van der Waals surface area contributed by atoms with Crippen LogP contribution in [0, 0.1) is 18.8 Å². The molecule has 1 N–H and O–H groups in total. The molecule has 3 aliphatic heterocycles. The maximum atomic E-state index is 13.2. The number of piperidine rings is 1. The molecule has 0 saturated carbocycles. The van der Waals surface area contributed by atoms with Crippen molar-refractivity contribution in [2.75, 3.05) is 43.8 Å². The zero-order valence-corrected chi connectivity index (χ0v) is 19.9. The number of likely N-dealkylation sites (tertiary alicyclic amines) is 1. The van der Waals surface area contributed by atoms with Gasteiger partial charge in [0.1, 0.15) is 5.75 Å². The van der Waals surface area contributed by atoms with Crippen LogP contribution >= 0.6 is 0 Å². The van der Waals surface area contributed by atoms with E-state index < -0.39 is 5.92 Å². The van der Waals surface area contributed by atoms with E-state index in [1.807, 2.05) is 25.1 Å². The van der Waals surface area contributed by atoms with Gasteiger partial charge < -0.3 is 29.3 Å². The second kappa shape index (κ2) is 9.48. The fourth-order valence-electron chi connectivity index (χ4n) is 4.96. The zero-order valence-electron chi connectivity index (χ0n) is 19.9. The standard InChI is InChI=1S/C26H29N3O6/c1-16-3-5-21(33-2)20(11-16)29-14-18(12-24(29)30)26(32)28-9-7-17(8-10-28)25(31)27-19-4-6-22-23(13-19)35-15-34-22/h3-6,11,13,17-18H,7-10,12,14-15H2,1-2H3,(H,27,31)/t18-/m0/s1. The number of nitrogens with one attached hydrogen (secondary N) is 1. The molecule has 3 heterocycles. The van der Waals surface area contributed by atoms with E-state index in [1.54, 1.807) is 35.1 Å². The molecule has 2 aromatic carbocycles. The Hall–Kier alpha value is -3.75. The first-order valence-electron chi connectivity index (χ1n) is 11.9. The van der Waals surface area contributed by atoms with E-state index in [-0.39, 0.29) is 36.9 Å². The maximum absolute atomic E-state index is 13.2. The number of ether oxygens (including phenoxy) is 3. The highest BCUT2D eigenvalue weighted by Gasteiger charge is 2.39. The number of fused-ring (bicyclic) bond motifs is 1. The number of aryl methyl sites for hydroxylation is 1. The Balaban J connectivity index is 1.16. The Morgan fingerprint density at radius 3 is 2.57 bits per heavy atom. The predicted octanol–water partition coefficient (Wildman–Crippen LogP) is 2.96. The highest BCUT2D eigenvalue weighted by Crippen LogP contribution is 2.36. The summed E-state index contributed by atoms with van der Waals surface area (Å²) in [4.78, 5) is 42.2. The normalized spacial score (nSPS) is 19.7. The van der Waals surface area contributed by atoms with Crippen LogP contribution in [0.4, 0.5) is 11.4 Å². The minimum Gasteiger partial charge on any atom is -0.495 e. The summed E-state index contributed by atoms with van der Waals surface area (Å²) in [5, 5.41) is 2.94. The van der Waals surface area contributed by atoms with E-state index in [1.165, 1.54) is 0 Å². The number of anilines is 2. The van der Waals surface area contributed by atoms with Crippen LogP contribution in [0.1, 0.15) is 24.8 Å². The van der Waals surface area contributed by atoms with E-state index >= 15 is 0 Å². The molecular weight excluding hydrogens is 450 g/mol. The van der Waals surface area contributed by atoms with E-state index in [2.05, 4.69) is 5.32 Å². The quantitative estimate of drug-likeness (QED) is 0.708. The lowest BCUT2D eigenvalue weighted by Crippen LogP contribution is -2.44. The molecule has 2 aromatic rings. The Bertz CT molecular complexity index is 1160. The van der Waals surface area contributed by atoms with Gasteiger partial charge in [0.15, 0.2) is 11.5 Å². The summed E-state index contributed by atoms with van der Waals surface area (Å²) in [5.41, 5.74) is 2.38. The highest BCUT2D eigenvalue weighted by molar-refractivity contribution is 6.01. The first-order valence-corrected chi connectivity index (χ1v) is 11.9. The predicted molar refractivity (Wildman–Crippen MR) is 129 cm³/mol. The van der Waals surface area contributed by atoms with Gasteiger partial charge in [0.25, 0.3) is 0 Å². The molecule has 2 saturated heterocycles. The van der Waals surface area contributed by atoms with E-state index in [0.29, 0.717) is 61.1 Å². The fraction of sp³-hybridized carbons (Fsp3) is 0.423. The van der Waals surface area contributed by atoms with Gasteiger partial charge in [-0.2, -0.15) is 0 Å². The lowest BCUT2D eigenvalue weighted by atomic mass is 9.94. The molecular formula is C26H29N3O6. The summed E-state index contributed by atoms with van der Waals surface area (Å²) < 4.78 is 16.1. The minimum absolute atomic E-state index is 0.0258. The molecule has 0 aliphatic carbocycles. The first kappa shape index (κ1) is 23.0. The second-order valence-electron chi connectivity index (χ2n) is 9.24. The van der Waals surface area contributed by atoms with Crippen LogP contribution < -0.4 is 24.4 Å². The molecule has 3 amide bonds. The largest absolute Gasteiger partial charge is 0.495 e. The van der Waals surface area contributed by atoms with Gasteiger partial charge in [0.2, 0.25) is 24.5 Å². The van der Waals surface area contributed by atoms with Gasteiger partial charge in [-0.05, 0) is 49.6 Å². The second-order valence-corrected chi connectivity index (χ2v) is 9.24. The number of methoxy groups -OCH3 is 1. The molecule has 0 bridgehead atoms. The number of amides is 3.